The van der Waals surface area contributed by atoms with Crippen LogP contribution in [0.5, 0.6) is 0 Å². The molecule has 0 radical (unpaired) electrons. The minimum absolute atomic E-state index is 0.318. The van der Waals surface area contributed by atoms with Gasteiger partial charge in [-0.2, -0.15) is 0 Å². The molecule has 76 valence electrons. The van der Waals surface area contributed by atoms with E-state index in [0.717, 1.165) is 18.4 Å². The van der Waals surface area contributed by atoms with E-state index in [0.29, 0.717) is 11.5 Å². The molecule has 0 spiro atoms. The van der Waals surface area contributed by atoms with Gasteiger partial charge < -0.3 is 4.74 Å². The minimum atomic E-state index is 0.318. The zero-order chi connectivity index (χ0) is 9.31. The van der Waals surface area contributed by atoms with Gasteiger partial charge in [-0.3, -0.25) is 0 Å². The van der Waals surface area contributed by atoms with E-state index in [-0.39, 0.29) is 0 Å². The number of hydrogen-bond donors (Lipinski definition) is 0. The fourth-order valence-corrected chi connectivity index (χ4v) is 3.69. The van der Waals surface area contributed by atoms with Crippen LogP contribution in [0.15, 0.2) is 0 Å². The summed E-state index contributed by atoms with van der Waals surface area (Å²) in [4.78, 5) is 0. The average molecular weight is 203 g/mol. The van der Waals surface area contributed by atoms with E-state index in [9.17, 15) is 0 Å². The van der Waals surface area contributed by atoms with E-state index in [1.165, 1.54) is 32.1 Å². The van der Waals surface area contributed by atoms with Crippen molar-refractivity contribution in [3.63, 3.8) is 0 Å². The summed E-state index contributed by atoms with van der Waals surface area (Å²) < 4.78 is 5.69. The molecule has 1 heterocycles. The summed E-state index contributed by atoms with van der Waals surface area (Å²) in [6.45, 7) is 3.12. The molecule has 2 atom stereocenters. The lowest BCUT2D eigenvalue weighted by Gasteiger charge is -2.36. The largest absolute Gasteiger partial charge is 0.378 e. The summed E-state index contributed by atoms with van der Waals surface area (Å²) in [7, 11) is 0. The summed E-state index contributed by atoms with van der Waals surface area (Å²) in [6.07, 6.45) is 7.11. The van der Waals surface area contributed by atoms with Crippen molar-refractivity contribution in [2.45, 2.75) is 45.1 Å². The van der Waals surface area contributed by atoms with Gasteiger partial charge in [0.2, 0.25) is 0 Å². The number of rotatable bonds is 2. The molecule has 1 saturated carbocycles. The lowest BCUT2D eigenvalue weighted by Crippen LogP contribution is -2.37. The number of alkyl halides is 1. The molecule has 2 aliphatic rings. The molecule has 0 bridgehead atoms. The highest BCUT2D eigenvalue weighted by Gasteiger charge is 2.47. The van der Waals surface area contributed by atoms with Crippen LogP contribution in [0.25, 0.3) is 0 Å². The molecule has 2 unspecified atom stereocenters. The van der Waals surface area contributed by atoms with Gasteiger partial charge in [-0.05, 0) is 32.1 Å². The van der Waals surface area contributed by atoms with Gasteiger partial charge in [0.15, 0.2) is 0 Å². The molecule has 1 saturated heterocycles. The third kappa shape index (κ3) is 1.50. The van der Waals surface area contributed by atoms with E-state index in [2.05, 4.69) is 6.92 Å². The normalized spacial score (nSPS) is 41.5. The maximum Gasteiger partial charge on any atom is 0.0618 e. The fourth-order valence-electron chi connectivity index (χ4n) is 3.12. The second kappa shape index (κ2) is 3.78. The Kier molecular flexibility index (Phi) is 2.85. The molecule has 2 heteroatoms. The molecular weight excluding hydrogens is 184 g/mol. The van der Waals surface area contributed by atoms with Crippen LogP contribution in [-0.2, 0) is 4.74 Å². The van der Waals surface area contributed by atoms with Crippen LogP contribution in [0, 0.1) is 11.3 Å². The third-order valence-electron chi connectivity index (χ3n) is 4.16. The smallest absolute Gasteiger partial charge is 0.0618 e. The Morgan fingerprint density at radius 3 is 2.54 bits per heavy atom. The van der Waals surface area contributed by atoms with Crippen molar-refractivity contribution >= 4 is 11.6 Å². The first-order chi connectivity index (χ1) is 6.29. The van der Waals surface area contributed by atoms with Crippen LogP contribution in [0.2, 0.25) is 0 Å². The van der Waals surface area contributed by atoms with Crippen LogP contribution >= 0.6 is 11.6 Å². The topological polar surface area (TPSA) is 9.23 Å². The number of hydrogen-bond acceptors (Lipinski definition) is 1. The molecule has 0 aromatic carbocycles. The third-order valence-corrected chi connectivity index (χ3v) is 4.66. The Morgan fingerprint density at radius 1 is 1.38 bits per heavy atom. The first-order valence-electron chi connectivity index (χ1n) is 5.47. The highest BCUT2D eigenvalue weighted by molar-refractivity contribution is 6.18. The van der Waals surface area contributed by atoms with Gasteiger partial charge in [-0.15, -0.1) is 11.6 Å². The van der Waals surface area contributed by atoms with Gasteiger partial charge in [-0.1, -0.05) is 12.8 Å². The van der Waals surface area contributed by atoms with Crippen LogP contribution in [0.4, 0.5) is 0 Å². The van der Waals surface area contributed by atoms with Gasteiger partial charge in [0.1, 0.15) is 0 Å². The number of ether oxygens (including phenoxy) is 1. The minimum Gasteiger partial charge on any atom is -0.378 e. The van der Waals surface area contributed by atoms with Gasteiger partial charge in [-0.25, -0.2) is 0 Å². The maximum absolute atomic E-state index is 6.16. The van der Waals surface area contributed by atoms with Crippen LogP contribution in [0.1, 0.15) is 39.0 Å². The second-order valence-corrected chi connectivity index (χ2v) is 4.88. The highest BCUT2D eigenvalue weighted by Crippen LogP contribution is 2.49. The molecule has 2 rings (SSSR count). The van der Waals surface area contributed by atoms with E-state index in [1.54, 1.807) is 0 Å². The van der Waals surface area contributed by atoms with E-state index >= 15 is 0 Å². The molecule has 0 aromatic heterocycles. The maximum atomic E-state index is 6.16. The van der Waals surface area contributed by atoms with Crippen molar-refractivity contribution in [2.24, 2.45) is 11.3 Å². The van der Waals surface area contributed by atoms with Crippen LogP contribution in [0.3, 0.4) is 0 Å². The summed E-state index contributed by atoms with van der Waals surface area (Å²) >= 11 is 6.16. The van der Waals surface area contributed by atoms with Crippen LogP contribution < -0.4 is 0 Å². The molecule has 0 aromatic rings. The lowest BCUT2D eigenvalue weighted by molar-refractivity contribution is 0.0430. The Balaban J connectivity index is 2.13. The lowest BCUT2D eigenvalue weighted by atomic mass is 9.71. The number of halogens is 1. The van der Waals surface area contributed by atoms with Gasteiger partial charge in [0, 0.05) is 17.9 Å². The van der Waals surface area contributed by atoms with Crippen LogP contribution in [-0.4, -0.2) is 18.6 Å². The Morgan fingerprint density at radius 2 is 2.08 bits per heavy atom. The summed E-state index contributed by atoms with van der Waals surface area (Å²) in [5.74, 6) is 1.63. The second-order valence-electron chi connectivity index (χ2n) is 4.61. The molecular formula is C11H19ClO. The highest BCUT2D eigenvalue weighted by atomic mass is 35.5. The summed E-state index contributed by atoms with van der Waals surface area (Å²) in [6, 6.07) is 0. The molecule has 0 amide bonds. The van der Waals surface area contributed by atoms with E-state index < -0.39 is 0 Å². The Labute approximate surface area is 85.8 Å². The summed E-state index contributed by atoms with van der Waals surface area (Å²) in [5.41, 5.74) is 0.318. The Bertz CT molecular complexity index is 177. The zero-order valence-electron chi connectivity index (χ0n) is 8.39. The van der Waals surface area contributed by atoms with Crippen molar-refractivity contribution in [3.05, 3.63) is 0 Å². The first kappa shape index (κ1) is 9.79. The monoisotopic (exact) mass is 202 g/mol. The van der Waals surface area contributed by atoms with Crippen molar-refractivity contribution in [1.82, 2.24) is 0 Å². The fraction of sp³-hybridized carbons (Fsp3) is 1.00. The van der Waals surface area contributed by atoms with Crippen molar-refractivity contribution < 1.29 is 4.74 Å². The standard InChI is InChI=1S/C11H19ClO/c1-9-11(8-12,6-7-13-9)10-4-2-3-5-10/h9-10H,2-8H2,1H3. The first-order valence-corrected chi connectivity index (χ1v) is 6.00. The van der Waals surface area contributed by atoms with Crippen molar-refractivity contribution in [3.8, 4) is 0 Å². The van der Waals surface area contributed by atoms with Gasteiger partial charge in [0.05, 0.1) is 6.10 Å². The van der Waals surface area contributed by atoms with Gasteiger partial charge >= 0.3 is 0 Å². The molecule has 13 heavy (non-hydrogen) atoms. The molecule has 1 nitrogen and oxygen atoms in total. The summed E-state index contributed by atoms with van der Waals surface area (Å²) in [5, 5.41) is 0. The van der Waals surface area contributed by atoms with E-state index in [1.807, 2.05) is 0 Å². The molecule has 1 aliphatic carbocycles. The molecule has 2 fully saturated rings. The predicted octanol–water partition coefficient (Wildman–Crippen LogP) is 3.21. The Hall–Kier alpha value is 0.250. The SMILES string of the molecule is CC1OCCC1(CCl)C1CCCC1. The van der Waals surface area contributed by atoms with E-state index in [4.69, 9.17) is 16.3 Å². The predicted molar refractivity (Wildman–Crippen MR) is 55.1 cm³/mol. The molecule has 0 N–H and O–H groups in total. The average Bonchev–Trinajstić information content (AvgIpc) is 2.73. The van der Waals surface area contributed by atoms with Crippen molar-refractivity contribution in [1.29, 1.82) is 0 Å². The zero-order valence-corrected chi connectivity index (χ0v) is 9.15. The molecule has 1 aliphatic heterocycles. The van der Waals surface area contributed by atoms with Crippen molar-refractivity contribution in [2.75, 3.05) is 12.5 Å². The van der Waals surface area contributed by atoms with Gasteiger partial charge in [0.25, 0.3) is 0 Å². The quantitative estimate of drug-likeness (QED) is 0.625.